The normalized spacial score (nSPS) is 15.5. The van der Waals surface area contributed by atoms with Crippen molar-refractivity contribution in [3.63, 3.8) is 0 Å². The smallest absolute Gasteiger partial charge is 0.262 e. The first kappa shape index (κ1) is 16.3. The van der Waals surface area contributed by atoms with Crippen LogP contribution in [0.2, 0.25) is 0 Å². The fourth-order valence-electron chi connectivity index (χ4n) is 3.51. The molecule has 0 bridgehead atoms. The fraction of sp³-hybridized carbons (Fsp3) is 0.350. The van der Waals surface area contributed by atoms with E-state index in [0.29, 0.717) is 0 Å². The van der Waals surface area contributed by atoms with Crippen LogP contribution in [0.1, 0.15) is 43.8 Å². The Kier molecular flexibility index (Phi) is 4.83. The summed E-state index contributed by atoms with van der Waals surface area (Å²) in [6.45, 7) is 0. The summed E-state index contributed by atoms with van der Waals surface area (Å²) in [5.74, 6) is 0.721. The predicted molar refractivity (Wildman–Crippen MR) is 102 cm³/mol. The van der Waals surface area contributed by atoms with E-state index in [4.69, 9.17) is 4.98 Å². The first-order chi connectivity index (χ1) is 12.3. The van der Waals surface area contributed by atoms with Gasteiger partial charge in [-0.25, -0.2) is 4.98 Å². The van der Waals surface area contributed by atoms with Crippen LogP contribution in [0.15, 0.2) is 58.6 Å². The largest absolute Gasteiger partial charge is 0.284 e. The zero-order valence-electron chi connectivity index (χ0n) is 14.1. The lowest BCUT2D eigenvalue weighted by molar-refractivity contribution is 0.326. The Morgan fingerprint density at radius 2 is 1.84 bits per heavy atom. The molecule has 0 aliphatic heterocycles. The standard InChI is InChI=1S/C20H21N3OS/c24-19-17-11-4-5-12-18(17)22-20(23(19)16-9-2-1-3-10-16)25-14-15-8-6-7-13-21-15/h4-8,11-13,16H,1-3,9-10,14H2. The van der Waals surface area contributed by atoms with Gasteiger partial charge in [0.15, 0.2) is 5.16 Å². The number of thioether (sulfide) groups is 1. The maximum atomic E-state index is 13.2. The Labute approximate surface area is 151 Å². The lowest BCUT2D eigenvalue weighted by atomic mass is 9.95. The molecule has 1 aliphatic rings. The van der Waals surface area contributed by atoms with Crippen molar-refractivity contribution in [1.82, 2.24) is 14.5 Å². The SMILES string of the molecule is O=c1c2ccccc2nc(SCc2ccccn2)n1C1CCCCC1. The molecule has 2 aromatic heterocycles. The average molecular weight is 351 g/mol. The van der Waals surface area contributed by atoms with Crippen molar-refractivity contribution < 1.29 is 0 Å². The molecule has 0 radical (unpaired) electrons. The van der Waals surface area contributed by atoms with Gasteiger partial charge in [0.05, 0.1) is 16.6 Å². The van der Waals surface area contributed by atoms with Gasteiger partial charge in [0.1, 0.15) is 0 Å². The van der Waals surface area contributed by atoms with Crippen LogP contribution in [-0.2, 0) is 5.75 Å². The van der Waals surface area contributed by atoms with Gasteiger partial charge in [0.25, 0.3) is 5.56 Å². The number of aromatic nitrogens is 3. The summed E-state index contributed by atoms with van der Waals surface area (Å²) in [6, 6.07) is 13.8. The number of para-hydroxylation sites is 1. The predicted octanol–water partition coefficient (Wildman–Crippen LogP) is 4.59. The van der Waals surface area contributed by atoms with Gasteiger partial charge < -0.3 is 0 Å². The third-order valence-electron chi connectivity index (χ3n) is 4.79. The molecule has 4 nitrogen and oxygen atoms in total. The van der Waals surface area contributed by atoms with Crippen molar-refractivity contribution in [3.8, 4) is 0 Å². The van der Waals surface area contributed by atoms with Gasteiger partial charge in [0.2, 0.25) is 0 Å². The molecule has 2 heterocycles. The number of fused-ring (bicyclic) bond motifs is 1. The van der Waals surface area contributed by atoms with Gasteiger partial charge in [0, 0.05) is 18.0 Å². The molecule has 1 aliphatic carbocycles. The monoisotopic (exact) mass is 351 g/mol. The van der Waals surface area contributed by atoms with E-state index in [-0.39, 0.29) is 11.6 Å². The van der Waals surface area contributed by atoms with Crippen molar-refractivity contribution in [3.05, 3.63) is 64.7 Å². The molecule has 0 spiro atoms. The molecule has 1 aromatic carbocycles. The topological polar surface area (TPSA) is 47.8 Å². The number of hydrogen-bond acceptors (Lipinski definition) is 4. The summed E-state index contributed by atoms with van der Waals surface area (Å²) in [7, 11) is 0. The van der Waals surface area contributed by atoms with E-state index in [1.165, 1.54) is 19.3 Å². The molecule has 0 atom stereocenters. The second-order valence-corrected chi connectivity index (χ2v) is 7.43. The molecular formula is C20H21N3OS. The van der Waals surface area contributed by atoms with Crippen molar-refractivity contribution >= 4 is 22.7 Å². The van der Waals surface area contributed by atoms with Crippen molar-refractivity contribution in [1.29, 1.82) is 0 Å². The van der Waals surface area contributed by atoms with Crippen LogP contribution in [0.3, 0.4) is 0 Å². The highest BCUT2D eigenvalue weighted by atomic mass is 32.2. The zero-order valence-corrected chi connectivity index (χ0v) is 14.9. The lowest BCUT2D eigenvalue weighted by Crippen LogP contribution is -2.29. The van der Waals surface area contributed by atoms with E-state index >= 15 is 0 Å². The summed E-state index contributed by atoms with van der Waals surface area (Å²) >= 11 is 1.61. The highest BCUT2D eigenvalue weighted by molar-refractivity contribution is 7.98. The maximum absolute atomic E-state index is 13.2. The number of hydrogen-bond donors (Lipinski definition) is 0. The Morgan fingerprint density at radius 1 is 1.04 bits per heavy atom. The number of benzene rings is 1. The summed E-state index contributed by atoms with van der Waals surface area (Å²) in [5.41, 5.74) is 1.88. The van der Waals surface area contributed by atoms with Crippen molar-refractivity contribution in [2.45, 2.75) is 49.1 Å². The van der Waals surface area contributed by atoms with Crippen LogP contribution in [0, 0.1) is 0 Å². The van der Waals surface area contributed by atoms with Crippen molar-refractivity contribution in [2.75, 3.05) is 0 Å². The summed E-state index contributed by atoms with van der Waals surface area (Å²) < 4.78 is 1.95. The molecule has 1 fully saturated rings. The van der Waals surface area contributed by atoms with Crippen LogP contribution in [0.5, 0.6) is 0 Å². The third kappa shape index (κ3) is 3.47. The van der Waals surface area contributed by atoms with Gasteiger partial charge in [-0.1, -0.05) is 49.2 Å². The fourth-order valence-corrected chi connectivity index (χ4v) is 4.49. The second kappa shape index (κ2) is 7.40. The minimum atomic E-state index is 0.0982. The number of nitrogens with zero attached hydrogens (tertiary/aromatic N) is 3. The van der Waals surface area contributed by atoms with Crippen molar-refractivity contribution in [2.24, 2.45) is 0 Å². The Morgan fingerprint density at radius 3 is 2.64 bits per heavy atom. The summed E-state index contributed by atoms with van der Waals surface area (Å²) in [4.78, 5) is 22.4. The minimum Gasteiger partial charge on any atom is -0.284 e. The molecule has 3 aromatic rings. The van der Waals surface area contributed by atoms with E-state index in [2.05, 4.69) is 4.98 Å². The number of rotatable bonds is 4. The van der Waals surface area contributed by atoms with Gasteiger partial charge in [-0.15, -0.1) is 0 Å². The molecule has 0 amide bonds. The van der Waals surface area contributed by atoms with Crippen LogP contribution >= 0.6 is 11.8 Å². The van der Waals surface area contributed by atoms with Gasteiger partial charge in [-0.2, -0.15) is 0 Å². The quantitative estimate of drug-likeness (QED) is 0.509. The molecule has 4 rings (SSSR count). The molecule has 128 valence electrons. The molecule has 25 heavy (non-hydrogen) atoms. The molecule has 1 saturated carbocycles. The van der Waals surface area contributed by atoms with Crippen LogP contribution in [0.4, 0.5) is 0 Å². The highest BCUT2D eigenvalue weighted by Crippen LogP contribution is 2.31. The van der Waals surface area contributed by atoms with Crippen LogP contribution in [-0.4, -0.2) is 14.5 Å². The highest BCUT2D eigenvalue weighted by Gasteiger charge is 2.21. The Bertz CT molecular complexity index is 917. The molecular weight excluding hydrogens is 330 g/mol. The molecule has 0 N–H and O–H groups in total. The summed E-state index contributed by atoms with van der Waals surface area (Å²) in [6.07, 6.45) is 7.58. The minimum absolute atomic E-state index is 0.0982. The van der Waals surface area contributed by atoms with E-state index in [0.717, 1.165) is 40.3 Å². The van der Waals surface area contributed by atoms with E-state index in [1.807, 2.05) is 47.0 Å². The molecule has 0 saturated heterocycles. The molecule has 0 unspecified atom stereocenters. The van der Waals surface area contributed by atoms with Gasteiger partial charge in [-0.05, 0) is 37.1 Å². The molecule has 5 heteroatoms. The first-order valence-corrected chi connectivity index (χ1v) is 9.85. The van der Waals surface area contributed by atoms with Crippen LogP contribution in [0.25, 0.3) is 10.9 Å². The Balaban J connectivity index is 1.75. The average Bonchev–Trinajstić information content (AvgIpc) is 2.68. The van der Waals surface area contributed by atoms with E-state index in [1.54, 1.807) is 18.0 Å². The van der Waals surface area contributed by atoms with E-state index < -0.39 is 0 Å². The lowest BCUT2D eigenvalue weighted by Gasteiger charge is -2.26. The van der Waals surface area contributed by atoms with Gasteiger partial charge in [-0.3, -0.25) is 14.3 Å². The maximum Gasteiger partial charge on any atom is 0.262 e. The first-order valence-electron chi connectivity index (χ1n) is 8.87. The Hall–Kier alpha value is -2.14. The van der Waals surface area contributed by atoms with Crippen LogP contribution < -0.4 is 5.56 Å². The zero-order chi connectivity index (χ0) is 17.1. The second-order valence-electron chi connectivity index (χ2n) is 6.49. The summed E-state index contributed by atoms with van der Waals surface area (Å²) in [5, 5.41) is 1.54. The number of pyridine rings is 1. The third-order valence-corrected chi connectivity index (χ3v) is 5.78. The van der Waals surface area contributed by atoms with E-state index in [9.17, 15) is 4.79 Å². The van der Waals surface area contributed by atoms with Gasteiger partial charge >= 0.3 is 0 Å².